The van der Waals surface area contributed by atoms with Gasteiger partial charge in [-0.3, -0.25) is 4.90 Å². The van der Waals surface area contributed by atoms with E-state index in [4.69, 9.17) is 0 Å². The van der Waals surface area contributed by atoms with Crippen molar-refractivity contribution in [2.75, 3.05) is 11.9 Å². The van der Waals surface area contributed by atoms with E-state index < -0.39 is 5.82 Å². The van der Waals surface area contributed by atoms with Crippen LogP contribution in [0.4, 0.5) is 14.9 Å². The predicted molar refractivity (Wildman–Crippen MR) is 58.5 cm³/mol. The first-order valence-electron chi connectivity index (χ1n) is 4.81. The van der Waals surface area contributed by atoms with E-state index in [1.54, 1.807) is 18.2 Å². The number of rotatable bonds is 2. The molecule has 1 aromatic carbocycles. The highest BCUT2D eigenvalue weighted by molar-refractivity contribution is 5.91. The van der Waals surface area contributed by atoms with Crippen molar-refractivity contribution in [3.05, 3.63) is 30.1 Å². The summed E-state index contributed by atoms with van der Waals surface area (Å²) < 4.78 is 13.3. The molecular weight excluding hydrogens is 195 g/mol. The van der Waals surface area contributed by atoms with Crippen LogP contribution >= 0.6 is 0 Å². The molecule has 0 unspecified atom stereocenters. The standard InChI is InChI=1S/C11H15FN2O/c1-8(2)13-11(15)14(3)10-7-5-4-6-9(10)12/h4-8H,1-3H3,(H,13,15). The monoisotopic (exact) mass is 210 g/mol. The molecule has 0 fully saturated rings. The average molecular weight is 210 g/mol. The van der Waals surface area contributed by atoms with Crippen LogP contribution in [0.15, 0.2) is 24.3 Å². The molecule has 0 aliphatic carbocycles. The van der Waals surface area contributed by atoms with Crippen molar-refractivity contribution in [2.45, 2.75) is 19.9 Å². The molecule has 3 nitrogen and oxygen atoms in total. The van der Waals surface area contributed by atoms with Crippen LogP contribution in [0.25, 0.3) is 0 Å². The lowest BCUT2D eigenvalue weighted by Crippen LogP contribution is -2.41. The van der Waals surface area contributed by atoms with Crippen LogP contribution < -0.4 is 10.2 Å². The van der Waals surface area contributed by atoms with Crippen molar-refractivity contribution < 1.29 is 9.18 Å². The van der Waals surface area contributed by atoms with Crippen molar-refractivity contribution in [3.63, 3.8) is 0 Å². The third-order valence-electron chi connectivity index (χ3n) is 1.93. The number of hydrogen-bond acceptors (Lipinski definition) is 1. The Morgan fingerprint density at radius 1 is 1.40 bits per heavy atom. The Morgan fingerprint density at radius 3 is 2.53 bits per heavy atom. The smallest absolute Gasteiger partial charge is 0.321 e. The van der Waals surface area contributed by atoms with E-state index in [2.05, 4.69) is 5.32 Å². The normalized spacial score (nSPS) is 10.2. The van der Waals surface area contributed by atoms with Gasteiger partial charge < -0.3 is 5.32 Å². The van der Waals surface area contributed by atoms with Gasteiger partial charge in [-0.1, -0.05) is 12.1 Å². The molecule has 0 saturated carbocycles. The van der Waals surface area contributed by atoms with E-state index in [0.29, 0.717) is 0 Å². The van der Waals surface area contributed by atoms with E-state index in [1.165, 1.54) is 18.0 Å². The molecule has 2 amide bonds. The lowest BCUT2D eigenvalue weighted by atomic mass is 10.3. The summed E-state index contributed by atoms with van der Waals surface area (Å²) in [6.45, 7) is 3.71. The van der Waals surface area contributed by atoms with Gasteiger partial charge in [-0.15, -0.1) is 0 Å². The van der Waals surface area contributed by atoms with Crippen molar-refractivity contribution in [1.82, 2.24) is 5.32 Å². The van der Waals surface area contributed by atoms with Gasteiger partial charge in [0, 0.05) is 13.1 Å². The molecule has 0 aliphatic rings. The maximum absolute atomic E-state index is 13.3. The summed E-state index contributed by atoms with van der Waals surface area (Å²) in [7, 11) is 1.54. The second-order valence-electron chi connectivity index (χ2n) is 3.61. The summed E-state index contributed by atoms with van der Waals surface area (Å²) in [4.78, 5) is 12.8. The van der Waals surface area contributed by atoms with Crippen LogP contribution in [-0.4, -0.2) is 19.1 Å². The van der Waals surface area contributed by atoms with Gasteiger partial charge in [0.2, 0.25) is 0 Å². The third kappa shape index (κ3) is 2.94. The zero-order valence-corrected chi connectivity index (χ0v) is 9.12. The number of halogens is 1. The third-order valence-corrected chi connectivity index (χ3v) is 1.93. The quantitative estimate of drug-likeness (QED) is 0.798. The molecule has 0 saturated heterocycles. The molecule has 0 heterocycles. The summed E-state index contributed by atoms with van der Waals surface area (Å²) in [6.07, 6.45) is 0. The predicted octanol–water partition coefficient (Wildman–Crippen LogP) is 2.38. The van der Waals surface area contributed by atoms with Gasteiger partial charge in [0.1, 0.15) is 5.82 Å². The minimum Gasteiger partial charge on any atom is -0.336 e. The van der Waals surface area contributed by atoms with E-state index in [-0.39, 0.29) is 17.8 Å². The number of amides is 2. The van der Waals surface area contributed by atoms with E-state index in [9.17, 15) is 9.18 Å². The molecule has 1 rings (SSSR count). The van der Waals surface area contributed by atoms with Gasteiger partial charge in [-0.25, -0.2) is 9.18 Å². The van der Waals surface area contributed by atoms with Crippen LogP contribution in [0.2, 0.25) is 0 Å². The second-order valence-corrected chi connectivity index (χ2v) is 3.61. The van der Waals surface area contributed by atoms with Gasteiger partial charge in [0.25, 0.3) is 0 Å². The van der Waals surface area contributed by atoms with Crippen LogP contribution in [0, 0.1) is 5.82 Å². The van der Waals surface area contributed by atoms with Crippen LogP contribution in [0.5, 0.6) is 0 Å². The molecule has 82 valence electrons. The van der Waals surface area contributed by atoms with Gasteiger partial charge in [0.15, 0.2) is 0 Å². The van der Waals surface area contributed by atoms with Crippen molar-refractivity contribution in [1.29, 1.82) is 0 Å². The van der Waals surface area contributed by atoms with E-state index in [1.807, 2.05) is 13.8 Å². The highest BCUT2D eigenvalue weighted by atomic mass is 19.1. The number of para-hydroxylation sites is 1. The van der Waals surface area contributed by atoms with Gasteiger partial charge in [-0.05, 0) is 26.0 Å². The molecule has 0 atom stereocenters. The summed E-state index contributed by atoms with van der Waals surface area (Å²) in [6, 6.07) is 5.90. The second kappa shape index (κ2) is 4.77. The van der Waals surface area contributed by atoms with E-state index in [0.717, 1.165) is 0 Å². The fourth-order valence-electron chi connectivity index (χ4n) is 1.18. The number of carbonyl (C=O) groups is 1. The fraction of sp³-hybridized carbons (Fsp3) is 0.364. The minimum absolute atomic E-state index is 0.0340. The molecular formula is C11H15FN2O. The zero-order valence-electron chi connectivity index (χ0n) is 9.12. The number of benzene rings is 1. The Hall–Kier alpha value is -1.58. The molecule has 0 aliphatic heterocycles. The molecule has 0 radical (unpaired) electrons. The van der Waals surface area contributed by atoms with Gasteiger partial charge in [0.05, 0.1) is 5.69 Å². The maximum Gasteiger partial charge on any atom is 0.321 e. The SMILES string of the molecule is CC(C)NC(=O)N(C)c1ccccc1F. The van der Waals surface area contributed by atoms with Crippen molar-refractivity contribution in [2.24, 2.45) is 0 Å². The van der Waals surface area contributed by atoms with Crippen LogP contribution in [-0.2, 0) is 0 Å². The number of urea groups is 1. The summed E-state index contributed by atoms with van der Waals surface area (Å²) in [5, 5.41) is 2.69. The molecule has 0 aromatic heterocycles. The Labute approximate surface area is 88.9 Å². The molecule has 0 bridgehead atoms. The van der Waals surface area contributed by atoms with Crippen molar-refractivity contribution >= 4 is 11.7 Å². The lowest BCUT2D eigenvalue weighted by molar-refractivity contribution is 0.245. The maximum atomic E-state index is 13.3. The molecule has 1 N–H and O–H groups in total. The minimum atomic E-state index is -0.404. The first-order chi connectivity index (χ1) is 7.02. The van der Waals surface area contributed by atoms with Crippen molar-refractivity contribution in [3.8, 4) is 0 Å². The molecule has 15 heavy (non-hydrogen) atoms. The Kier molecular flexibility index (Phi) is 3.66. The van der Waals surface area contributed by atoms with Crippen LogP contribution in [0.3, 0.4) is 0 Å². The Morgan fingerprint density at radius 2 is 2.00 bits per heavy atom. The topological polar surface area (TPSA) is 32.3 Å². The average Bonchev–Trinajstić information content (AvgIpc) is 2.16. The number of nitrogens with one attached hydrogen (secondary N) is 1. The lowest BCUT2D eigenvalue weighted by Gasteiger charge is -2.20. The van der Waals surface area contributed by atoms with Crippen LogP contribution in [0.1, 0.15) is 13.8 Å². The summed E-state index contributed by atoms with van der Waals surface area (Å²) in [5.41, 5.74) is 0.274. The highest BCUT2D eigenvalue weighted by Gasteiger charge is 2.14. The fourth-order valence-corrected chi connectivity index (χ4v) is 1.18. The number of nitrogens with zero attached hydrogens (tertiary/aromatic N) is 1. The highest BCUT2D eigenvalue weighted by Crippen LogP contribution is 2.16. The number of carbonyl (C=O) groups excluding carboxylic acids is 1. The molecule has 4 heteroatoms. The van der Waals surface area contributed by atoms with E-state index >= 15 is 0 Å². The summed E-state index contributed by atoms with van der Waals surface area (Å²) in [5.74, 6) is -0.404. The summed E-state index contributed by atoms with van der Waals surface area (Å²) >= 11 is 0. The first kappa shape index (κ1) is 11.5. The first-order valence-corrected chi connectivity index (χ1v) is 4.81. The number of hydrogen-bond donors (Lipinski definition) is 1. The molecule has 0 spiro atoms. The largest absolute Gasteiger partial charge is 0.336 e. The Balaban J connectivity index is 2.81. The zero-order chi connectivity index (χ0) is 11.4. The number of anilines is 1. The Bertz CT molecular complexity index is 352. The van der Waals surface area contributed by atoms with Gasteiger partial charge >= 0.3 is 6.03 Å². The molecule has 1 aromatic rings. The van der Waals surface area contributed by atoms with Gasteiger partial charge in [-0.2, -0.15) is 0 Å².